The van der Waals surface area contributed by atoms with Gasteiger partial charge in [0.15, 0.2) is 0 Å². The standard InChI is InChI=1S/C15H24N4O3/c1-14(21)10-15(22-9-11(14)20)3-5-19(6-4-15)13-8-17-7-12(16-2)18-13/h7-8,11,20-21H,3-6,9-10H2,1-2H3,(H,16,18)/t11-,14-/m0/s1. The van der Waals surface area contributed by atoms with Crippen LogP contribution in [0.4, 0.5) is 11.6 Å². The zero-order chi connectivity index (χ0) is 15.8. The third-order valence-corrected chi connectivity index (χ3v) is 4.82. The second kappa shape index (κ2) is 5.64. The number of hydrogen-bond acceptors (Lipinski definition) is 7. The molecular formula is C15H24N4O3. The van der Waals surface area contributed by atoms with E-state index in [0.29, 0.717) is 6.42 Å². The van der Waals surface area contributed by atoms with Crippen LogP contribution in [-0.2, 0) is 4.74 Å². The average molecular weight is 308 g/mol. The first-order valence-corrected chi connectivity index (χ1v) is 7.73. The predicted molar refractivity (Wildman–Crippen MR) is 83.0 cm³/mol. The summed E-state index contributed by atoms with van der Waals surface area (Å²) in [6, 6.07) is 0. The van der Waals surface area contributed by atoms with Gasteiger partial charge in [-0.3, -0.25) is 4.98 Å². The van der Waals surface area contributed by atoms with Gasteiger partial charge in [-0.2, -0.15) is 0 Å². The summed E-state index contributed by atoms with van der Waals surface area (Å²) in [5.74, 6) is 1.60. The Hall–Kier alpha value is -1.44. The Labute approximate surface area is 130 Å². The van der Waals surface area contributed by atoms with E-state index in [-0.39, 0.29) is 12.2 Å². The fraction of sp³-hybridized carbons (Fsp3) is 0.733. The van der Waals surface area contributed by atoms with Gasteiger partial charge in [0.25, 0.3) is 0 Å². The topological polar surface area (TPSA) is 90.7 Å². The minimum atomic E-state index is -1.08. The van der Waals surface area contributed by atoms with Gasteiger partial charge in [0, 0.05) is 26.6 Å². The summed E-state index contributed by atoms with van der Waals surface area (Å²) in [6.45, 7) is 3.49. The van der Waals surface area contributed by atoms with Gasteiger partial charge in [0.1, 0.15) is 17.7 Å². The van der Waals surface area contributed by atoms with Crippen LogP contribution in [0.2, 0.25) is 0 Å². The van der Waals surface area contributed by atoms with Crippen molar-refractivity contribution < 1.29 is 14.9 Å². The lowest BCUT2D eigenvalue weighted by Crippen LogP contribution is -2.59. The lowest BCUT2D eigenvalue weighted by molar-refractivity contribution is -0.216. The zero-order valence-electron chi connectivity index (χ0n) is 13.1. The van der Waals surface area contributed by atoms with Crippen LogP contribution in [0, 0.1) is 0 Å². The second-order valence-corrected chi connectivity index (χ2v) is 6.54. The van der Waals surface area contributed by atoms with Crippen molar-refractivity contribution in [3.05, 3.63) is 12.4 Å². The van der Waals surface area contributed by atoms with Crippen LogP contribution in [-0.4, -0.2) is 64.2 Å². The highest BCUT2D eigenvalue weighted by Crippen LogP contribution is 2.40. The van der Waals surface area contributed by atoms with Crippen LogP contribution in [0.3, 0.4) is 0 Å². The molecule has 1 spiro atoms. The molecular weight excluding hydrogens is 284 g/mol. The molecule has 2 aliphatic heterocycles. The summed E-state index contributed by atoms with van der Waals surface area (Å²) in [7, 11) is 1.82. The molecule has 122 valence electrons. The number of rotatable bonds is 2. The van der Waals surface area contributed by atoms with Crippen LogP contribution >= 0.6 is 0 Å². The molecule has 0 unspecified atom stereocenters. The largest absolute Gasteiger partial charge is 0.388 e. The minimum absolute atomic E-state index is 0.196. The molecule has 0 amide bonds. The highest BCUT2D eigenvalue weighted by molar-refractivity contribution is 5.44. The number of nitrogens with one attached hydrogen (secondary N) is 1. The van der Waals surface area contributed by atoms with E-state index in [1.54, 1.807) is 19.3 Å². The van der Waals surface area contributed by atoms with Gasteiger partial charge in [-0.1, -0.05) is 0 Å². The summed E-state index contributed by atoms with van der Waals surface area (Å²) in [5, 5.41) is 23.2. The van der Waals surface area contributed by atoms with Gasteiger partial charge >= 0.3 is 0 Å². The summed E-state index contributed by atoms with van der Waals surface area (Å²) in [6.07, 6.45) is 4.73. The fourth-order valence-electron chi connectivity index (χ4n) is 3.35. The normalized spacial score (nSPS) is 31.3. The molecule has 3 heterocycles. The van der Waals surface area contributed by atoms with Crippen LogP contribution in [0.5, 0.6) is 0 Å². The summed E-state index contributed by atoms with van der Waals surface area (Å²) < 4.78 is 5.90. The van der Waals surface area contributed by atoms with Crippen molar-refractivity contribution in [2.45, 2.75) is 43.5 Å². The maximum Gasteiger partial charge on any atom is 0.149 e. The van der Waals surface area contributed by atoms with Gasteiger partial charge < -0.3 is 25.2 Å². The molecule has 0 aliphatic carbocycles. The van der Waals surface area contributed by atoms with E-state index in [1.807, 2.05) is 7.05 Å². The van der Waals surface area contributed by atoms with Crippen molar-refractivity contribution in [1.29, 1.82) is 0 Å². The molecule has 1 aromatic heterocycles. The van der Waals surface area contributed by atoms with E-state index in [1.165, 1.54) is 0 Å². The number of aliphatic hydroxyl groups excluding tert-OH is 1. The van der Waals surface area contributed by atoms with Gasteiger partial charge in [-0.15, -0.1) is 0 Å². The molecule has 0 saturated carbocycles. The lowest BCUT2D eigenvalue weighted by Gasteiger charge is -2.50. The molecule has 0 bridgehead atoms. The quantitative estimate of drug-likeness (QED) is 0.728. The Morgan fingerprint density at radius 3 is 2.73 bits per heavy atom. The van der Waals surface area contributed by atoms with Crippen LogP contribution in [0.15, 0.2) is 12.4 Å². The molecule has 0 radical (unpaired) electrons. The summed E-state index contributed by atoms with van der Waals surface area (Å²) in [5.41, 5.74) is -1.42. The number of hydrogen-bond donors (Lipinski definition) is 3. The molecule has 22 heavy (non-hydrogen) atoms. The number of aliphatic hydroxyl groups is 2. The Bertz CT molecular complexity index is 529. The highest BCUT2D eigenvalue weighted by atomic mass is 16.5. The summed E-state index contributed by atoms with van der Waals surface area (Å²) in [4.78, 5) is 10.9. The molecule has 7 heteroatoms. The van der Waals surface area contributed by atoms with Crippen LogP contribution in [0.25, 0.3) is 0 Å². The zero-order valence-corrected chi connectivity index (χ0v) is 13.1. The van der Waals surface area contributed by atoms with Gasteiger partial charge in [0.05, 0.1) is 30.2 Å². The van der Waals surface area contributed by atoms with E-state index in [0.717, 1.165) is 37.6 Å². The van der Waals surface area contributed by atoms with Crippen molar-refractivity contribution >= 4 is 11.6 Å². The van der Waals surface area contributed by atoms with Crippen molar-refractivity contribution in [2.75, 3.05) is 37.0 Å². The SMILES string of the molecule is CNc1cncc(N2CCC3(CC2)C[C@](C)(O)[C@@H](O)CO3)n1. The number of anilines is 2. The maximum absolute atomic E-state index is 10.3. The third kappa shape index (κ3) is 2.88. The molecule has 0 aromatic carbocycles. The molecule has 2 saturated heterocycles. The fourth-order valence-corrected chi connectivity index (χ4v) is 3.35. The van der Waals surface area contributed by atoms with Gasteiger partial charge in [0.2, 0.25) is 0 Å². The molecule has 2 aliphatic rings. The van der Waals surface area contributed by atoms with Crippen LogP contribution in [0.1, 0.15) is 26.2 Å². The molecule has 3 N–H and O–H groups in total. The van der Waals surface area contributed by atoms with E-state index in [4.69, 9.17) is 4.74 Å². The third-order valence-electron chi connectivity index (χ3n) is 4.82. The Kier molecular flexibility index (Phi) is 3.96. The highest BCUT2D eigenvalue weighted by Gasteiger charge is 2.48. The first kappa shape index (κ1) is 15.5. The second-order valence-electron chi connectivity index (χ2n) is 6.54. The minimum Gasteiger partial charge on any atom is -0.388 e. The van der Waals surface area contributed by atoms with Gasteiger partial charge in [-0.25, -0.2) is 4.98 Å². The Morgan fingerprint density at radius 2 is 2.09 bits per heavy atom. The molecule has 2 fully saturated rings. The van der Waals surface area contributed by atoms with Crippen molar-refractivity contribution in [3.63, 3.8) is 0 Å². The monoisotopic (exact) mass is 308 g/mol. The first-order valence-electron chi connectivity index (χ1n) is 7.73. The molecule has 7 nitrogen and oxygen atoms in total. The average Bonchev–Trinajstić information content (AvgIpc) is 2.52. The smallest absolute Gasteiger partial charge is 0.149 e. The van der Waals surface area contributed by atoms with E-state index in [2.05, 4.69) is 20.2 Å². The number of aromatic nitrogens is 2. The predicted octanol–water partition coefficient (Wildman–Crippen LogP) is 0.389. The van der Waals surface area contributed by atoms with E-state index in [9.17, 15) is 10.2 Å². The number of piperidine rings is 1. The number of nitrogens with zero attached hydrogens (tertiary/aromatic N) is 3. The Morgan fingerprint density at radius 1 is 1.36 bits per heavy atom. The first-order chi connectivity index (χ1) is 10.4. The molecule has 2 atom stereocenters. The van der Waals surface area contributed by atoms with E-state index >= 15 is 0 Å². The number of ether oxygens (including phenoxy) is 1. The van der Waals surface area contributed by atoms with Crippen molar-refractivity contribution in [1.82, 2.24) is 9.97 Å². The molecule has 3 rings (SSSR count). The maximum atomic E-state index is 10.3. The van der Waals surface area contributed by atoms with Crippen LogP contribution < -0.4 is 10.2 Å². The van der Waals surface area contributed by atoms with Crippen molar-refractivity contribution in [3.8, 4) is 0 Å². The van der Waals surface area contributed by atoms with Gasteiger partial charge in [-0.05, 0) is 19.8 Å². The lowest BCUT2D eigenvalue weighted by atomic mass is 9.76. The Balaban J connectivity index is 1.67. The van der Waals surface area contributed by atoms with Crippen molar-refractivity contribution in [2.24, 2.45) is 0 Å². The molecule has 1 aromatic rings. The summed E-state index contributed by atoms with van der Waals surface area (Å²) >= 11 is 0. The van der Waals surface area contributed by atoms with E-state index < -0.39 is 11.7 Å².